The highest BCUT2D eigenvalue weighted by atomic mass is 16.5. The van der Waals surface area contributed by atoms with Gasteiger partial charge in [-0.15, -0.1) is 0 Å². The van der Waals surface area contributed by atoms with Crippen molar-refractivity contribution in [2.75, 3.05) is 36.5 Å². The molecule has 1 aliphatic rings. The van der Waals surface area contributed by atoms with Gasteiger partial charge in [0.05, 0.1) is 12.2 Å². The van der Waals surface area contributed by atoms with E-state index in [1.807, 2.05) is 0 Å². The molecule has 5 nitrogen and oxygen atoms in total. The zero-order chi connectivity index (χ0) is 14.6. The molecule has 0 saturated carbocycles. The molecule has 0 aliphatic carbocycles. The maximum Gasteiger partial charge on any atom is 0.137 e. The second-order valence-electron chi connectivity index (χ2n) is 5.83. The Morgan fingerprint density at radius 1 is 1.35 bits per heavy atom. The monoisotopic (exact) mass is 278 g/mol. The van der Waals surface area contributed by atoms with Crippen LogP contribution in [0.15, 0.2) is 6.33 Å². The summed E-state index contributed by atoms with van der Waals surface area (Å²) in [7, 11) is 0. The summed E-state index contributed by atoms with van der Waals surface area (Å²) in [5, 5.41) is 3.41. The lowest BCUT2D eigenvalue weighted by Crippen LogP contribution is -2.49. The number of anilines is 2. The molecule has 1 fully saturated rings. The van der Waals surface area contributed by atoms with Crippen molar-refractivity contribution in [2.24, 2.45) is 0 Å². The maximum atomic E-state index is 5.78. The summed E-state index contributed by atoms with van der Waals surface area (Å²) >= 11 is 0. The SMILES string of the molecule is CCCNc1ncnc(N2CCOC(C)(C)C2)c1CC. The summed E-state index contributed by atoms with van der Waals surface area (Å²) in [6.07, 6.45) is 3.68. The van der Waals surface area contributed by atoms with Gasteiger partial charge in [0.15, 0.2) is 0 Å². The number of morpholine rings is 1. The van der Waals surface area contributed by atoms with Gasteiger partial charge in [0.25, 0.3) is 0 Å². The maximum absolute atomic E-state index is 5.78. The van der Waals surface area contributed by atoms with Gasteiger partial charge in [-0.25, -0.2) is 9.97 Å². The molecule has 1 N–H and O–H groups in total. The second-order valence-corrected chi connectivity index (χ2v) is 5.83. The molecule has 5 heteroatoms. The van der Waals surface area contributed by atoms with E-state index in [2.05, 4.69) is 47.9 Å². The Hall–Kier alpha value is -1.36. The summed E-state index contributed by atoms with van der Waals surface area (Å²) in [6.45, 7) is 12.0. The van der Waals surface area contributed by atoms with E-state index in [0.717, 1.165) is 50.7 Å². The van der Waals surface area contributed by atoms with Gasteiger partial charge in [0.1, 0.15) is 18.0 Å². The van der Waals surface area contributed by atoms with Crippen molar-refractivity contribution < 1.29 is 4.74 Å². The Bertz CT molecular complexity index is 447. The van der Waals surface area contributed by atoms with E-state index in [1.54, 1.807) is 6.33 Å². The Labute approximate surface area is 121 Å². The third-order valence-electron chi connectivity index (χ3n) is 3.54. The van der Waals surface area contributed by atoms with E-state index in [-0.39, 0.29) is 5.60 Å². The minimum absolute atomic E-state index is 0.120. The number of hydrogen-bond acceptors (Lipinski definition) is 5. The number of nitrogens with one attached hydrogen (secondary N) is 1. The largest absolute Gasteiger partial charge is 0.372 e. The van der Waals surface area contributed by atoms with Crippen LogP contribution < -0.4 is 10.2 Å². The fraction of sp³-hybridized carbons (Fsp3) is 0.733. The standard InChI is InChI=1S/C15H26N4O/c1-5-7-16-13-12(6-2)14(18-11-17-13)19-8-9-20-15(3,4)10-19/h11H,5-10H2,1-4H3,(H,16,17,18). The molecule has 0 aromatic carbocycles. The molecule has 0 amide bonds. The van der Waals surface area contributed by atoms with Crippen LogP contribution in [-0.4, -0.2) is 41.8 Å². The Morgan fingerprint density at radius 3 is 2.80 bits per heavy atom. The number of aromatic nitrogens is 2. The highest BCUT2D eigenvalue weighted by Crippen LogP contribution is 2.28. The van der Waals surface area contributed by atoms with E-state index in [1.165, 1.54) is 5.56 Å². The van der Waals surface area contributed by atoms with Crippen LogP contribution in [0.1, 0.15) is 39.7 Å². The molecule has 1 aliphatic heterocycles. The molecule has 1 aromatic heterocycles. The average Bonchev–Trinajstić information content (AvgIpc) is 2.43. The summed E-state index contributed by atoms with van der Waals surface area (Å²) in [4.78, 5) is 11.2. The highest BCUT2D eigenvalue weighted by Gasteiger charge is 2.29. The molecular formula is C15H26N4O. The van der Waals surface area contributed by atoms with E-state index < -0.39 is 0 Å². The molecule has 0 spiro atoms. The lowest BCUT2D eigenvalue weighted by Gasteiger charge is -2.39. The first kappa shape index (κ1) is 15.0. The van der Waals surface area contributed by atoms with Gasteiger partial charge in [-0.1, -0.05) is 13.8 Å². The topological polar surface area (TPSA) is 50.3 Å². The number of ether oxygens (including phenoxy) is 1. The minimum Gasteiger partial charge on any atom is -0.372 e. The predicted octanol–water partition coefficient (Wildman–Crippen LogP) is 2.48. The third-order valence-corrected chi connectivity index (χ3v) is 3.54. The molecule has 0 unspecified atom stereocenters. The van der Waals surface area contributed by atoms with E-state index in [9.17, 15) is 0 Å². The molecule has 0 radical (unpaired) electrons. The Balaban J connectivity index is 2.26. The van der Waals surface area contributed by atoms with Crippen LogP contribution in [0.3, 0.4) is 0 Å². The van der Waals surface area contributed by atoms with Crippen molar-refractivity contribution in [2.45, 2.75) is 46.1 Å². The van der Waals surface area contributed by atoms with Crippen LogP contribution in [0, 0.1) is 0 Å². The first-order valence-corrected chi connectivity index (χ1v) is 7.54. The van der Waals surface area contributed by atoms with Gasteiger partial charge in [-0.3, -0.25) is 0 Å². The molecule has 112 valence electrons. The normalized spacial score (nSPS) is 18.1. The first-order chi connectivity index (χ1) is 9.57. The van der Waals surface area contributed by atoms with Crippen LogP contribution in [0.5, 0.6) is 0 Å². The summed E-state index contributed by atoms with van der Waals surface area (Å²) in [5.41, 5.74) is 1.09. The lowest BCUT2D eigenvalue weighted by atomic mass is 10.1. The van der Waals surface area contributed by atoms with Crippen LogP contribution in [-0.2, 0) is 11.2 Å². The van der Waals surface area contributed by atoms with Crippen LogP contribution in [0.25, 0.3) is 0 Å². The van der Waals surface area contributed by atoms with Crippen molar-refractivity contribution in [3.63, 3.8) is 0 Å². The molecule has 0 bridgehead atoms. The first-order valence-electron chi connectivity index (χ1n) is 7.54. The number of hydrogen-bond donors (Lipinski definition) is 1. The quantitative estimate of drug-likeness (QED) is 0.896. The van der Waals surface area contributed by atoms with Gasteiger partial charge in [-0.2, -0.15) is 0 Å². The fourth-order valence-electron chi connectivity index (χ4n) is 2.59. The number of nitrogens with zero attached hydrogens (tertiary/aromatic N) is 3. The van der Waals surface area contributed by atoms with Gasteiger partial charge < -0.3 is 15.0 Å². The van der Waals surface area contributed by atoms with Crippen LogP contribution in [0.4, 0.5) is 11.6 Å². The molecule has 1 saturated heterocycles. The third kappa shape index (κ3) is 3.39. The smallest absolute Gasteiger partial charge is 0.137 e. The average molecular weight is 278 g/mol. The zero-order valence-electron chi connectivity index (χ0n) is 13.1. The predicted molar refractivity (Wildman–Crippen MR) is 82.4 cm³/mol. The van der Waals surface area contributed by atoms with Gasteiger partial charge in [-0.05, 0) is 26.7 Å². The van der Waals surface area contributed by atoms with Crippen LogP contribution in [0.2, 0.25) is 0 Å². The fourth-order valence-corrected chi connectivity index (χ4v) is 2.59. The van der Waals surface area contributed by atoms with Crippen molar-refractivity contribution >= 4 is 11.6 Å². The van der Waals surface area contributed by atoms with Crippen molar-refractivity contribution in [1.82, 2.24) is 9.97 Å². The zero-order valence-corrected chi connectivity index (χ0v) is 13.1. The molecule has 2 heterocycles. The lowest BCUT2D eigenvalue weighted by molar-refractivity contribution is -0.0279. The van der Waals surface area contributed by atoms with Gasteiger partial charge in [0.2, 0.25) is 0 Å². The van der Waals surface area contributed by atoms with Crippen molar-refractivity contribution in [3.8, 4) is 0 Å². The van der Waals surface area contributed by atoms with Gasteiger partial charge in [0, 0.05) is 25.2 Å². The highest BCUT2D eigenvalue weighted by molar-refractivity contribution is 5.59. The van der Waals surface area contributed by atoms with Crippen LogP contribution >= 0.6 is 0 Å². The Kier molecular flexibility index (Phi) is 4.81. The molecule has 0 atom stereocenters. The van der Waals surface area contributed by atoms with E-state index in [4.69, 9.17) is 4.74 Å². The molecular weight excluding hydrogens is 252 g/mol. The van der Waals surface area contributed by atoms with Gasteiger partial charge >= 0.3 is 0 Å². The van der Waals surface area contributed by atoms with Crippen molar-refractivity contribution in [3.05, 3.63) is 11.9 Å². The van der Waals surface area contributed by atoms with E-state index >= 15 is 0 Å². The number of rotatable bonds is 5. The van der Waals surface area contributed by atoms with Crippen molar-refractivity contribution in [1.29, 1.82) is 0 Å². The minimum atomic E-state index is -0.120. The molecule has 2 rings (SSSR count). The summed E-state index contributed by atoms with van der Waals surface area (Å²) in [6, 6.07) is 0. The summed E-state index contributed by atoms with van der Waals surface area (Å²) < 4.78 is 5.78. The Morgan fingerprint density at radius 2 is 2.15 bits per heavy atom. The second kappa shape index (κ2) is 6.39. The van der Waals surface area contributed by atoms with E-state index in [0.29, 0.717) is 0 Å². The summed E-state index contributed by atoms with van der Waals surface area (Å²) in [5.74, 6) is 2.03. The molecule has 1 aromatic rings. The molecule has 20 heavy (non-hydrogen) atoms.